The minimum Gasteiger partial charge on any atom is -0.245 e. The van der Waals surface area contributed by atoms with Crippen molar-refractivity contribution < 1.29 is 0 Å². The molecule has 0 saturated carbocycles. The summed E-state index contributed by atoms with van der Waals surface area (Å²) < 4.78 is 1.02. The first kappa shape index (κ1) is 11.1. The molecule has 0 aliphatic carbocycles. The van der Waals surface area contributed by atoms with Gasteiger partial charge in [-0.05, 0) is 24.3 Å². The van der Waals surface area contributed by atoms with E-state index in [1.165, 1.54) is 18.0 Å². The molecule has 0 bridgehead atoms. The lowest BCUT2D eigenvalue weighted by Crippen LogP contribution is -1.89. The van der Waals surface area contributed by atoms with Gasteiger partial charge in [-0.3, -0.25) is 0 Å². The number of hydrogen-bond acceptors (Lipinski definition) is 4. The number of nitriles is 1. The van der Waals surface area contributed by atoms with Gasteiger partial charge in [0.05, 0.1) is 0 Å². The van der Waals surface area contributed by atoms with Crippen molar-refractivity contribution in [2.45, 2.75) is 9.92 Å². The lowest BCUT2D eigenvalue weighted by molar-refractivity contribution is 1.02. The van der Waals surface area contributed by atoms with Crippen LogP contribution in [0.5, 0.6) is 0 Å². The maximum absolute atomic E-state index is 8.87. The van der Waals surface area contributed by atoms with Crippen LogP contribution in [0.3, 0.4) is 0 Å². The summed E-state index contributed by atoms with van der Waals surface area (Å²) in [7, 11) is 0. The molecule has 0 unspecified atom stereocenters. The third-order valence-electron chi connectivity index (χ3n) is 1.80. The number of nitrogens with zero attached hydrogens (tertiary/aromatic N) is 3. The molecule has 0 radical (unpaired) electrons. The van der Waals surface area contributed by atoms with E-state index in [0.29, 0.717) is 10.7 Å². The van der Waals surface area contributed by atoms with Crippen molar-refractivity contribution in [3.05, 3.63) is 46.8 Å². The van der Waals surface area contributed by atoms with Gasteiger partial charge in [-0.2, -0.15) is 5.26 Å². The van der Waals surface area contributed by atoms with Crippen LogP contribution in [0, 0.1) is 11.3 Å². The highest BCUT2D eigenvalue weighted by Gasteiger charge is 2.05. The molecule has 0 saturated heterocycles. The average Bonchev–Trinajstić information content (AvgIpc) is 2.33. The van der Waals surface area contributed by atoms with E-state index >= 15 is 0 Å². The van der Waals surface area contributed by atoms with E-state index in [1.807, 2.05) is 30.3 Å². The first-order chi connectivity index (χ1) is 7.79. The second-order valence-corrected chi connectivity index (χ2v) is 4.86. The standard InChI is InChI=1S/C11H6BrN3S/c12-8-1-3-9(4-2-8)16-11-10(7-13)14-5-6-15-11/h1-6H. The van der Waals surface area contributed by atoms with Crippen LogP contribution in [-0.4, -0.2) is 9.97 Å². The Hall–Kier alpha value is -1.38. The van der Waals surface area contributed by atoms with Gasteiger partial charge in [-0.15, -0.1) is 0 Å². The van der Waals surface area contributed by atoms with E-state index in [9.17, 15) is 0 Å². The molecule has 0 aliphatic heterocycles. The number of rotatable bonds is 2. The van der Waals surface area contributed by atoms with Crippen molar-refractivity contribution >= 4 is 27.7 Å². The Morgan fingerprint density at radius 3 is 2.50 bits per heavy atom. The summed E-state index contributed by atoms with van der Waals surface area (Å²) in [5.74, 6) is 0. The van der Waals surface area contributed by atoms with Crippen LogP contribution in [0.2, 0.25) is 0 Å². The minimum absolute atomic E-state index is 0.357. The van der Waals surface area contributed by atoms with Crippen LogP contribution < -0.4 is 0 Å². The van der Waals surface area contributed by atoms with Crippen molar-refractivity contribution in [1.29, 1.82) is 5.26 Å². The van der Waals surface area contributed by atoms with E-state index in [-0.39, 0.29) is 0 Å². The van der Waals surface area contributed by atoms with Gasteiger partial charge in [0.15, 0.2) is 5.69 Å². The molecule has 0 spiro atoms. The summed E-state index contributed by atoms with van der Waals surface area (Å²) in [6.07, 6.45) is 3.10. The SMILES string of the molecule is N#Cc1nccnc1Sc1ccc(Br)cc1. The van der Waals surface area contributed by atoms with Gasteiger partial charge in [0.2, 0.25) is 0 Å². The van der Waals surface area contributed by atoms with Crippen molar-refractivity contribution in [3.8, 4) is 6.07 Å². The third-order valence-corrected chi connectivity index (χ3v) is 3.33. The highest BCUT2D eigenvalue weighted by molar-refractivity contribution is 9.10. The zero-order chi connectivity index (χ0) is 11.4. The topological polar surface area (TPSA) is 49.6 Å². The fraction of sp³-hybridized carbons (Fsp3) is 0. The first-order valence-corrected chi connectivity index (χ1v) is 6.05. The zero-order valence-electron chi connectivity index (χ0n) is 8.09. The molecule has 1 aromatic carbocycles. The van der Waals surface area contributed by atoms with Gasteiger partial charge >= 0.3 is 0 Å². The number of hydrogen-bond donors (Lipinski definition) is 0. The molecule has 0 aliphatic rings. The molecular formula is C11H6BrN3S. The van der Waals surface area contributed by atoms with E-state index in [4.69, 9.17) is 5.26 Å². The Labute approximate surface area is 106 Å². The lowest BCUT2D eigenvalue weighted by Gasteiger charge is -2.01. The molecule has 5 heteroatoms. The summed E-state index contributed by atoms with van der Waals surface area (Å²) in [6.45, 7) is 0. The Balaban J connectivity index is 2.27. The summed E-state index contributed by atoms with van der Waals surface area (Å²) in [6, 6.07) is 9.85. The monoisotopic (exact) mass is 291 g/mol. The van der Waals surface area contributed by atoms with Gasteiger partial charge < -0.3 is 0 Å². The van der Waals surface area contributed by atoms with Crippen molar-refractivity contribution in [2.24, 2.45) is 0 Å². The van der Waals surface area contributed by atoms with E-state index in [0.717, 1.165) is 9.37 Å². The van der Waals surface area contributed by atoms with Gasteiger partial charge in [0.1, 0.15) is 11.1 Å². The molecule has 16 heavy (non-hydrogen) atoms. The predicted octanol–water partition coefficient (Wildman–Crippen LogP) is 3.26. The number of benzene rings is 1. The molecule has 1 aromatic heterocycles. The van der Waals surface area contributed by atoms with Crippen molar-refractivity contribution in [1.82, 2.24) is 9.97 Å². The number of halogens is 1. The zero-order valence-corrected chi connectivity index (χ0v) is 10.5. The molecule has 0 amide bonds. The second kappa shape index (κ2) is 5.10. The van der Waals surface area contributed by atoms with Crippen LogP contribution >= 0.6 is 27.7 Å². The van der Waals surface area contributed by atoms with Crippen LogP contribution in [-0.2, 0) is 0 Å². The van der Waals surface area contributed by atoms with Crippen molar-refractivity contribution in [3.63, 3.8) is 0 Å². The fourth-order valence-corrected chi connectivity index (χ4v) is 2.16. The quantitative estimate of drug-likeness (QED) is 0.852. The molecule has 0 atom stereocenters. The van der Waals surface area contributed by atoms with E-state index in [1.54, 1.807) is 6.20 Å². The highest BCUT2D eigenvalue weighted by atomic mass is 79.9. The maximum atomic E-state index is 8.87. The van der Waals surface area contributed by atoms with Gasteiger partial charge in [0.25, 0.3) is 0 Å². The summed E-state index contributed by atoms with van der Waals surface area (Å²) in [5, 5.41) is 9.50. The molecule has 78 valence electrons. The Bertz CT molecular complexity index is 534. The summed E-state index contributed by atoms with van der Waals surface area (Å²) in [4.78, 5) is 9.12. The van der Waals surface area contributed by atoms with Crippen LogP contribution in [0.1, 0.15) is 5.69 Å². The normalized spacial score (nSPS) is 9.75. The Morgan fingerprint density at radius 1 is 1.12 bits per heavy atom. The molecule has 3 nitrogen and oxygen atoms in total. The first-order valence-electron chi connectivity index (χ1n) is 4.44. The average molecular weight is 292 g/mol. The van der Waals surface area contributed by atoms with Gasteiger partial charge in [-0.1, -0.05) is 27.7 Å². The molecular weight excluding hydrogens is 286 g/mol. The van der Waals surface area contributed by atoms with Crippen molar-refractivity contribution in [2.75, 3.05) is 0 Å². The maximum Gasteiger partial charge on any atom is 0.173 e. The van der Waals surface area contributed by atoms with Gasteiger partial charge in [0, 0.05) is 21.8 Å². The lowest BCUT2D eigenvalue weighted by atomic mass is 10.4. The van der Waals surface area contributed by atoms with E-state index < -0.39 is 0 Å². The van der Waals surface area contributed by atoms with Crippen LogP contribution in [0.4, 0.5) is 0 Å². The second-order valence-electron chi connectivity index (χ2n) is 2.88. The van der Waals surface area contributed by atoms with Gasteiger partial charge in [-0.25, -0.2) is 9.97 Å². The largest absolute Gasteiger partial charge is 0.245 e. The summed E-state index contributed by atoms with van der Waals surface area (Å²) >= 11 is 4.80. The number of aromatic nitrogens is 2. The summed E-state index contributed by atoms with van der Waals surface area (Å²) in [5.41, 5.74) is 0.357. The fourth-order valence-electron chi connectivity index (χ4n) is 1.09. The molecule has 0 N–H and O–H groups in total. The Morgan fingerprint density at radius 2 is 1.81 bits per heavy atom. The van der Waals surface area contributed by atoms with E-state index in [2.05, 4.69) is 25.9 Å². The smallest absolute Gasteiger partial charge is 0.173 e. The molecule has 2 rings (SSSR count). The third kappa shape index (κ3) is 2.60. The highest BCUT2D eigenvalue weighted by Crippen LogP contribution is 2.28. The van der Waals surface area contributed by atoms with Crippen LogP contribution in [0.25, 0.3) is 0 Å². The Kier molecular flexibility index (Phi) is 3.54. The molecule has 1 heterocycles. The molecule has 2 aromatic rings. The molecule has 0 fully saturated rings. The predicted molar refractivity (Wildman–Crippen MR) is 65.0 cm³/mol. The minimum atomic E-state index is 0.357. The van der Waals surface area contributed by atoms with Crippen LogP contribution in [0.15, 0.2) is 51.1 Å².